The maximum absolute atomic E-state index is 12.9. The molecular weight excluding hydrogens is 1380 g/mol. The van der Waals surface area contributed by atoms with Crippen molar-refractivity contribution < 1.29 is 203 Å². The average molecular weight is 1480 g/mol. The highest BCUT2D eigenvalue weighted by Gasteiger charge is 2.60. The van der Waals surface area contributed by atoms with E-state index in [9.17, 15) is 132 Å². The van der Waals surface area contributed by atoms with E-state index in [1.54, 1.807) is 0 Å². The highest BCUT2D eigenvalue weighted by Crippen LogP contribution is 2.39. The van der Waals surface area contributed by atoms with E-state index in [-0.39, 0.29) is 0 Å². The Balaban J connectivity index is 1.13. The number of aliphatic hydroxyl groups excluding tert-OH is 22. The van der Waals surface area contributed by atoms with Crippen LogP contribution in [-0.2, 0) is 90.2 Å². The predicted molar refractivity (Wildman–Crippen MR) is 311 cm³/mol. The summed E-state index contributed by atoms with van der Waals surface area (Å²) in [5.41, 5.74) is 0. The minimum absolute atomic E-state index is 0.769. The Labute approximate surface area is 572 Å². The molecule has 8 fully saturated rings. The largest absolute Gasteiger partial charge is 0.394 e. The molecule has 0 aromatic heterocycles. The molecule has 1 unspecified atom stereocenters. The first-order valence-electron chi connectivity index (χ1n) is 32.1. The summed E-state index contributed by atoms with van der Waals surface area (Å²) in [4.78, 5) is 50.2. The van der Waals surface area contributed by atoms with Crippen LogP contribution in [-0.4, -0.2) is 434 Å². The molecule has 584 valence electrons. The van der Waals surface area contributed by atoms with Gasteiger partial charge in [-0.25, -0.2) is 0 Å². The van der Waals surface area contributed by atoms with Crippen LogP contribution in [0.2, 0.25) is 0 Å². The van der Waals surface area contributed by atoms with Crippen molar-refractivity contribution in [2.45, 2.75) is 273 Å². The van der Waals surface area contributed by atoms with E-state index in [0.29, 0.717) is 0 Å². The average Bonchev–Trinajstić information content (AvgIpc) is 0.777. The number of nitrogens with one attached hydrogen (secondary N) is 4. The highest BCUT2D eigenvalue weighted by atomic mass is 16.8. The number of ether oxygens (including phenoxy) is 15. The van der Waals surface area contributed by atoms with Crippen molar-refractivity contribution in [2.24, 2.45) is 0 Å². The van der Waals surface area contributed by atoms with Crippen molar-refractivity contribution in [1.82, 2.24) is 21.3 Å². The topological polar surface area (TPSA) is 700 Å². The van der Waals surface area contributed by atoms with E-state index in [4.69, 9.17) is 71.1 Å². The molecule has 8 heterocycles. The summed E-state index contributed by atoms with van der Waals surface area (Å²) in [7, 11) is 0. The lowest BCUT2D eigenvalue weighted by Gasteiger charge is -2.51. The molecule has 45 nitrogen and oxygen atoms in total. The molecule has 0 bridgehead atoms. The van der Waals surface area contributed by atoms with E-state index in [1.807, 2.05) is 0 Å². The van der Waals surface area contributed by atoms with Gasteiger partial charge in [-0.05, 0) is 0 Å². The van der Waals surface area contributed by atoms with Gasteiger partial charge in [0.05, 0.1) is 52.9 Å². The van der Waals surface area contributed by atoms with Crippen molar-refractivity contribution >= 4 is 23.6 Å². The minimum atomic E-state index is -2.50. The quantitative estimate of drug-likeness (QED) is 0.0382. The highest BCUT2D eigenvalue weighted by molar-refractivity contribution is 5.74. The molecule has 4 amide bonds. The van der Waals surface area contributed by atoms with Crippen molar-refractivity contribution in [3.63, 3.8) is 0 Å². The molecule has 0 spiro atoms. The van der Waals surface area contributed by atoms with Gasteiger partial charge in [0, 0.05) is 27.7 Å². The fourth-order valence-corrected chi connectivity index (χ4v) is 13.0. The number of amides is 4. The first kappa shape index (κ1) is 83.0. The number of aliphatic hydroxyl groups is 22. The molecule has 26 N–H and O–H groups in total. The number of carbonyl (C=O) groups is 4. The van der Waals surface area contributed by atoms with Gasteiger partial charge in [0.25, 0.3) is 0 Å². The molecule has 101 heavy (non-hydrogen) atoms. The Morgan fingerprint density at radius 2 is 0.545 bits per heavy atom. The van der Waals surface area contributed by atoms with Gasteiger partial charge in [-0.2, -0.15) is 0 Å². The number of rotatable bonds is 26. The first-order valence-corrected chi connectivity index (χ1v) is 32.1. The van der Waals surface area contributed by atoms with Crippen molar-refractivity contribution in [3.8, 4) is 0 Å². The second-order valence-electron chi connectivity index (χ2n) is 25.4. The summed E-state index contributed by atoms with van der Waals surface area (Å²) < 4.78 is 88.6. The van der Waals surface area contributed by atoms with Gasteiger partial charge in [-0.3, -0.25) is 19.2 Å². The maximum Gasteiger partial charge on any atom is 0.217 e. The van der Waals surface area contributed by atoms with Crippen LogP contribution in [0.3, 0.4) is 0 Å². The molecule has 8 rings (SSSR count). The van der Waals surface area contributed by atoms with Crippen molar-refractivity contribution in [2.75, 3.05) is 52.9 Å². The van der Waals surface area contributed by atoms with Crippen LogP contribution in [0.5, 0.6) is 0 Å². The molecule has 0 radical (unpaired) electrons. The van der Waals surface area contributed by atoms with Crippen molar-refractivity contribution in [1.29, 1.82) is 0 Å². The van der Waals surface area contributed by atoms with E-state index in [2.05, 4.69) is 21.3 Å². The third-order valence-corrected chi connectivity index (χ3v) is 18.3. The molecule has 8 aliphatic rings. The number of hydrogen-bond acceptors (Lipinski definition) is 41. The summed E-state index contributed by atoms with van der Waals surface area (Å²) in [6, 6.07) is -7.13. The molecule has 45 heteroatoms. The smallest absolute Gasteiger partial charge is 0.217 e. The van der Waals surface area contributed by atoms with Crippen LogP contribution in [0.15, 0.2) is 0 Å². The molecule has 0 saturated carbocycles. The Morgan fingerprint density at radius 3 is 0.970 bits per heavy atom. The summed E-state index contributed by atoms with van der Waals surface area (Å²) in [6.45, 7) is -4.56. The normalized spacial score (nSPS) is 48.3. The van der Waals surface area contributed by atoms with E-state index >= 15 is 0 Å². The van der Waals surface area contributed by atoms with Gasteiger partial charge in [-0.1, -0.05) is 0 Å². The summed E-state index contributed by atoms with van der Waals surface area (Å²) in [5.74, 6) is -3.45. The summed E-state index contributed by atoms with van der Waals surface area (Å²) in [6.07, 6.45) is -73.3. The number of carbonyl (C=O) groups excluding carboxylic acids is 4. The molecule has 0 aromatic carbocycles. The molecule has 8 aliphatic heterocycles. The number of hydrogen-bond donors (Lipinski definition) is 26. The van der Waals surface area contributed by atoms with Crippen LogP contribution in [0, 0.1) is 0 Å². The Bertz CT molecular complexity index is 2640. The zero-order valence-electron chi connectivity index (χ0n) is 54.3. The standard InChI is InChI=1S/C56H94N4O41/c1-13(68)57-25-35(78)43(21(9-65)88-49(25)86)96-51-27(59-15(3)70)36(79)45(23(11-67)93-51)98-54-42(85)46(99-56-48(40(83)32(75)20(8-64)92-56)101-50-26(58-14(2)69)34(77)29(72)17(5-61)89-50)33(76)24(95-54)12-87-55-47(39(82)31(74)19(7-63)91-55)100-52-28(60-16(4)71)37(80)44(22(10-66)94-52)97-53-41(84)38(81)30(73)18(6-62)90-53/h17-56,61-67,72-86H,5-12H2,1-4H3,(H,57,68)(H,58,69)(H,59,70)(H,60,71)/t17-,18-,19-,20-,21-,22-,23-,24-,25-,26-,27-,28-,29-,30+,31-,32-,33-,34-,35-,36-,37-,38+,39+,40+,41-,42+,43-,44-,45-,46+,47+,48+,49?,50+,51+,52+,53+,54+,55+,56-/m1/s1. The molecular formula is C56H94N4O41. The lowest BCUT2D eigenvalue weighted by Crippen LogP contribution is -2.70. The van der Waals surface area contributed by atoms with Gasteiger partial charge >= 0.3 is 0 Å². The molecule has 0 aromatic rings. The third kappa shape index (κ3) is 18.5. The zero-order valence-corrected chi connectivity index (χ0v) is 54.3. The van der Waals surface area contributed by atoms with Crippen LogP contribution in [0.25, 0.3) is 0 Å². The zero-order chi connectivity index (χ0) is 74.5. The second kappa shape index (κ2) is 36.3. The predicted octanol–water partition coefficient (Wildman–Crippen LogP) is -17.9. The molecule has 8 saturated heterocycles. The summed E-state index contributed by atoms with van der Waals surface area (Å²) >= 11 is 0. The molecule has 40 atom stereocenters. The fourth-order valence-electron chi connectivity index (χ4n) is 13.0. The second-order valence-corrected chi connectivity index (χ2v) is 25.4. The van der Waals surface area contributed by atoms with Crippen LogP contribution >= 0.6 is 0 Å². The van der Waals surface area contributed by atoms with Crippen LogP contribution in [0.4, 0.5) is 0 Å². The van der Waals surface area contributed by atoms with E-state index in [0.717, 1.165) is 27.7 Å². The Hall–Kier alpha value is -3.60. The van der Waals surface area contributed by atoms with Gasteiger partial charge in [-0.15, -0.1) is 0 Å². The van der Waals surface area contributed by atoms with Crippen molar-refractivity contribution in [3.05, 3.63) is 0 Å². The SMILES string of the molecule is CC(=O)N[C@H]1[C@H](O[C@H]2[C@H](O)[C@@H](NC(C)=O)C(O)O[C@@H]2CO)O[C@H](CO)[C@@H](O[C@@H]2O[C@H](CO[C@H]3O[C@H](CO)[C@@H](O)[C@H](O)[C@@H]3O[C@@H]3O[C@H](CO)[C@@H](O[C@@H]4O[C@H](CO)[C@H](O)[C@H](O)[C@H]4O)[C@H](O)[C@H]3NC(C)=O)[C@@H](O)[C@H](O[C@H]3O[C@H](CO)[C@@H](O)[C@H](O)[C@@H]3O[C@@H]3O[C@H](CO)[C@@H](O)[C@H](O)[C@H]3NC(C)=O)[C@@H]2O)[C@@H]1O. The molecule has 0 aliphatic carbocycles. The minimum Gasteiger partial charge on any atom is -0.394 e. The van der Waals surface area contributed by atoms with Crippen LogP contribution < -0.4 is 21.3 Å². The van der Waals surface area contributed by atoms with E-state index in [1.165, 1.54) is 0 Å². The summed E-state index contributed by atoms with van der Waals surface area (Å²) in [5, 5.41) is 252. The van der Waals surface area contributed by atoms with Crippen LogP contribution in [0.1, 0.15) is 27.7 Å². The first-order chi connectivity index (χ1) is 47.8. The van der Waals surface area contributed by atoms with Gasteiger partial charge in [0.15, 0.2) is 50.3 Å². The van der Waals surface area contributed by atoms with Gasteiger partial charge in [0.1, 0.15) is 195 Å². The lowest BCUT2D eigenvalue weighted by molar-refractivity contribution is -0.396. The Kier molecular flexibility index (Phi) is 29.9. The Morgan fingerprint density at radius 1 is 0.257 bits per heavy atom. The third-order valence-electron chi connectivity index (χ3n) is 18.3. The van der Waals surface area contributed by atoms with Gasteiger partial charge in [0.2, 0.25) is 23.6 Å². The monoisotopic (exact) mass is 1480 g/mol. The lowest BCUT2D eigenvalue weighted by atomic mass is 9.93. The van der Waals surface area contributed by atoms with Gasteiger partial charge < -0.3 is 205 Å². The maximum atomic E-state index is 12.9. The fraction of sp³-hybridized carbons (Fsp3) is 0.929. The van der Waals surface area contributed by atoms with E-state index < -0.39 is 322 Å².